The SMILES string of the molecule is CCNC(c1ccc2c(c1)CCO2)c1ccnn1CC. The van der Waals surface area contributed by atoms with Crippen molar-refractivity contribution in [2.45, 2.75) is 32.9 Å². The maximum Gasteiger partial charge on any atom is 0.122 e. The second kappa shape index (κ2) is 5.67. The van der Waals surface area contributed by atoms with Gasteiger partial charge in [-0.05, 0) is 36.7 Å². The zero-order chi connectivity index (χ0) is 13.9. The lowest BCUT2D eigenvalue weighted by Gasteiger charge is -2.20. The van der Waals surface area contributed by atoms with Gasteiger partial charge in [0, 0.05) is 19.2 Å². The standard InChI is InChI=1S/C16H21N3O/c1-3-17-16(14-7-9-18-19(14)4-2)13-5-6-15-12(11-13)8-10-20-15/h5-7,9,11,16-17H,3-4,8,10H2,1-2H3. The van der Waals surface area contributed by atoms with Gasteiger partial charge in [0.05, 0.1) is 18.3 Å². The molecule has 2 aromatic rings. The van der Waals surface area contributed by atoms with Gasteiger partial charge >= 0.3 is 0 Å². The second-order valence-electron chi connectivity index (χ2n) is 5.03. The van der Waals surface area contributed by atoms with E-state index in [0.29, 0.717) is 0 Å². The number of nitrogens with zero attached hydrogens (tertiary/aromatic N) is 2. The monoisotopic (exact) mass is 271 g/mol. The third-order valence-electron chi connectivity index (χ3n) is 3.80. The number of hydrogen-bond acceptors (Lipinski definition) is 3. The van der Waals surface area contributed by atoms with Crippen LogP contribution in [0.25, 0.3) is 0 Å². The van der Waals surface area contributed by atoms with Crippen LogP contribution in [0.4, 0.5) is 0 Å². The summed E-state index contributed by atoms with van der Waals surface area (Å²) >= 11 is 0. The smallest absolute Gasteiger partial charge is 0.122 e. The Bertz CT molecular complexity index is 591. The maximum absolute atomic E-state index is 5.59. The van der Waals surface area contributed by atoms with Crippen LogP contribution in [0.3, 0.4) is 0 Å². The first-order valence-electron chi connectivity index (χ1n) is 7.34. The Kier molecular flexibility index (Phi) is 3.74. The molecule has 0 amide bonds. The summed E-state index contributed by atoms with van der Waals surface area (Å²) < 4.78 is 7.64. The van der Waals surface area contributed by atoms with Gasteiger partial charge in [-0.3, -0.25) is 4.68 Å². The molecule has 0 fully saturated rings. The van der Waals surface area contributed by atoms with E-state index in [1.54, 1.807) is 0 Å². The summed E-state index contributed by atoms with van der Waals surface area (Å²) in [6.07, 6.45) is 2.88. The molecule has 1 aliphatic rings. The number of hydrogen-bond donors (Lipinski definition) is 1. The van der Waals surface area contributed by atoms with E-state index in [9.17, 15) is 0 Å². The third-order valence-corrected chi connectivity index (χ3v) is 3.80. The van der Waals surface area contributed by atoms with E-state index in [4.69, 9.17) is 4.74 Å². The highest BCUT2D eigenvalue weighted by atomic mass is 16.5. The number of benzene rings is 1. The second-order valence-corrected chi connectivity index (χ2v) is 5.03. The average molecular weight is 271 g/mol. The Morgan fingerprint density at radius 2 is 2.25 bits per heavy atom. The topological polar surface area (TPSA) is 39.1 Å². The molecule has 1 unspecified atom stereocenters. The van der Waals surface area contributed by atoms with E-state index in [2.05, 4.69) is 53.2 Å². The number of aryl methyl sites for hydroxylation is 1. The number of fused-ring (bicyclic) bond motifs is 1. The third kappa shape index (κ3) is 2.31. The molecule has 106 valence electrons. The quantitative estimate of drug-likeness (QED) is 0.908. The zero-order valence-corrected chi connectivity index (χ0v) is 12.1. The molecule has 0 spiro atoms. The molecule has 1 aromatic carbocycles. The van der Waals surface area contributed by atoms with Gasteiger partial charge in [-0.15, -0.1) is 0 Å². The van der Waals surface area contributed by atoms with Crippen molar-refractivity contribution >= 4 is 0 Å². The Hall–Kier alpha value is -1.81. The number of rotatable bonds is 5. The summed E-state index contributed by atoms with van der Waals surface area (Å²) in [5, 5.41) is 7.95. The van der Waals surface area contributed by atoms with Crippen LogP contribution in [-0.2, 0) is 13.0 Å². The molecule has 1 atom stereocenters. The molecule has 4 nitrogen and oxygen atoms in total. The van der Waals surface area contributed by atoms with Crippen LogP contribution in [0.15, 0.2) is 30.5 Å². The molecule has 0 saturated carbocycles. The predicted molar refractivity (Wildman–Crippen MR) is 79.1 cm³/mol. The highest BCUT2D eigenvalue weighted by molar-refractivity contribution is 5.42. The van der Waals surface area contributed by atoms with E-state index in [0.717, 1.165) is 31.9 Å². The van der Waals surface area contributed by atoms with Gasteiger partial charge < -0.3 is 10.1 Å². The molecule has 0 saturated heterocycles. The predicted octanol–water partition coefficient (Wildman–Crippen LogP) is 2.54. The van der Waals surface area contributed by atoms with Crippen LogP contribution >= 0.6 is 0 Å². The summed E-state index contributed by atoms with van der Waals surface area (Å²) in [7, 11) is 0. The van der Waals surface area contributed by atoms with Crippen molar-refractivity contribution in [3.05, 3.63) is 47.3 Å². The highest BCUT2D eigenvalue weighted by Gasteiger charge is 2.20. The van der Waals surface area contributed by atoms with E-state index in [1.165, 1.54) is 16.8 Å². The van der Waals surface area contributed by atoms with Crippen LogP contribution in [0.2, 0.25) is 0 Å². The molecule has 0 radical (unpaired) electrons. The lowest BCUT2D eigenvalue weighted by Crippen LogP contribution is -2.24. The number of nitrogens with one attached hydrogen (secondary N) is 1. The Balaban J connectivity index is 1.98. The molecular formula is C16H21N3O. The molecule has 0 aliphatic carbocycles. The molecular weight excluding hydrogens is 250 g/mol. The molecule has 20 heavy (non-hydrogen) atoms. The van der Waals surface area contributed by atoms with Crippen LogP contribution in [0.1, 0.15) is 36.7 Å². The molecule has 1 N–H and O–H groups in total. The van der Waals surface area contributed by atoms with Gasteiger partial charge in [0.15, 0.2) is 0 Å². The van der Waals surface area contributed by atoms with Crippen LogP contribution in [-0.4, -0.2) is 22.9 Å². The molecule has 2 heterocycles. The average Bonchev–Trinajstić information content (AvgIpc) is 3.12. The van der Waals surface area contributed by atoms with Crippen LogP contribution in [0.5, 0.6) is 5.75 Å². The first kappa shape index (κ1) is 13.2. The first-order chi connectivity index (χ1) is 9.83. The highest BCUT2D eigenvalue weighted by Crippen LogP contribution is 2.30. The van der Waals surface area contributed by atoms with Gasteiger partial charge in [-0.1, -0.05) is 19.1 Å². The van der Waals surface area contributed by atoms with Gasteiger partial charge in [-0.2, -0.15) is 5.10 Å². The zero-order valence-electron chi connectivity index (χ0n) is 12.1. The Morgan fingerprint density at radius 1 is 1.35 bits per heavy atom. The number of aromatic nitrogens is 2. The van der Waals surface area contributed by atoms with Gasteiger partial charge in [0.25, 0.3) is 0 Å². The Morgan fingerprint density at radius 3 is 3.05 bits per heavy atom. The summed E-state index contributed by atoms with van der Waals surface area (Å²) in [6, 6.07) is 8.80. The first-order valence-corrected chi connectivity index (χ1v) is 7.34. The van der Waals surface area contributed by atoms with Crippen molar-refractivity contribution in [2.24, 2.45) is 0 Å². The van der Waals surface area contributed by atoms with Crippen molar-refractivity contribution in [1.82, 2.24) is 15.1 Å². The molecule has 1 aromatic heterocycles. The molecule has 3 rings (SSSR count). The summed E-state index contributed by atoms with van der Waals surface area (Å²) in [6.45, 7) is 6.87. The normalized spacial score (nSPS) is 14.9. The number of ether oxygens (including phenoxy) is 1. The lowest BCUT2D eigenvalue weighted by molar-refractivity contribution is 0.356. The summed E-state index contributed by atoms with van der Waals surface area (Å²) in [4.78, 5) is 0. The molecule has 4 heteroatoms. The molecule has 0 bridgehead atoms. The summed E-state index contributed by atoms with van der Waals surface area (Å²) in [5.74, 6) is 1.04. The van der Waals surface area contributed by atoms with Crippen molar-refractivity contribution < 1.29 is 4.74 Å². The van der Waals surface area contributed by atoms with Crippen LogP contribution < -0.4 is 10.1 Å². The lowest BCUT2D eigenvalue weighted by atomic mass is 10.00. The van der Waals surface area contributed by atoms with Crippen LogP contribution in [0, 0.1) is 0 Å². The van der Waals surface area contributed by atoms with Crippen molar-refractivity contribution in [3.63, 3.8) is 0 Å². The van der Waals surface area contributed by atoms with Crippen molar-refractivity contribution in [2.75, 3.05) is 13.2 Å². The Labute approximate surface area is 119 Å². The largest absolute Gasteiger partial charge is 0.493 e. The minimum absolute atomic E-state index is 0.188. The molecule has 1 aliphatic heterocycles. The van der Waals surface area contributed by atoms with E-state index < -0.39 is 0 Å². The van der Waals surface area contributed by atoms with Gasteiger partial charge in [0.2, 0.25) is 0 Å². The van der Waals surface area contributed by atoms with Crippen molar-refractivity contribution in [3.8, 4) is 5.75 Å². The van der Waals surface area contributed by atoms with E-state index in [-0.39, 0.29) is 6.04 Å². The minimum atomic E-state index is 0.188. The van der Waals surface area contributed by atoms with E-state index in [1.807, 2.05) is 6.20 Å². The minimum Gasteiger partial charge on any atom is -0.493 e. The van der Waals surface area contributed by atoms with Gasteiger partial charge in [-0.25, -0.2) is 0 Å². The maximum atomic E-state index is 5.59. The fourth-order valence-electron chi connectivity index (χ4n) is 2.84. The fourth-order valence-corrected chi connectivity index (χ4v) is 2.84. The van der Waals surface area contributed by atoms with Gasteiger partial charge in [0.1, 0.15) is 5.75 Å². The van der Waals surface area contributed by atoms with E-state index >= 15 is 0 Å². The van der Waals surface area contributed by atoms with Crippen molar-refractivity contribution in [1.29, 1.82) is 0 Å². The fraction of sp³-hybridized carbons (Fsp3) is 0.438. The summed E-state index contributed by atoms with van der Waals surface area (Å²) in [5.41, 5.74) is 3.81.